The van der Waals surface area contributed by atoms with Gasteiger partial charge in [-0.25, -0.2) is 0 Å². The first-order chi connectivity index (χ1) is 12.0. The second kappa shape index (κ2) is 8.86. The number of likely N-dealkylation sites (N-methyl/N-ethyl adjacent to an activating group) is 1. The zero-order valence-electron chi connectivity index (χ0n) is 14.9. The number of nitrogens with zero attached hydrogens (tertiary/aromatic N) is 3. The summed E-state index contributed by atoms with van der Waals surface area (Å²) in [5, 5.41) is 6.94. The Hall–Kier alpha value is -2.83. The number of hydrogen-bond donors (Lipinski definition) is 1. The number of benzene rings is 1. The molecule has 2 rings (SSSR count). The highest BCUT2D eigenvalue weighted by Crippen LogP contribution is 2.16. The minimum Gasteiger partial charge on any atom is -0.497 e. The van der Waals surface area contributed by atoms with Crippen LogP contribution < -0.4 is 10.1 Å². The van der Waals surface area contributed by atoms with Crippen molar-refractivity contribution in [1.82, 2.24) is 14.7 Å². The molecule has 0 aliphatic heterocycles. The van der Waals surface area contributed by atoms with Gasteiger partial charge in [0.25, 0.3) is 0 Å². The molecular weight excluding hydrogens is 320 g/mol. The Balaban J connectivity index is 1.86. The summed E-state index contributed by atoms with van der Waals surface area (Å²) < 4.78 is 6.86. The van der Waals surface area contributed by atoms with E-state index in [4.69, 9.17) is 4.74 Å². The van der Waals surface area contributed by atoms with Gasteiger partial charge in [0.1, 0.15) is 5.75 Å². The Morgan fingerprint density at radius 2 is 2.16 bits per heavy atom. The third-order valence-electron chi connectivity index (χ3n) is 3.74. The van der Waals surface area contributed by atoms with Crippen LogP contribution in [-0.4, -0.2) is 46.7 Å². The average Bonchev–Trinajstić information content (AvgIpc) is 3.03. The van der Waals surface area contributed by atoms with Crippen molar-refractivity contribution in [2.75, 3.05) is 25.5 Å². The minimum absolute atomic E-state index is 0.0185. The standard InChI is InChI=1S/C18H24N4O3/c1-4-21(18(24)8-9-22-12-14(2)11-19-22)13-17(23)20-15-6-5-7-16(10-15)25-3/h5-7,10-12H,4,8-9,13H2,1-3H3,(H,20,23). The Morgan fingerprint density at radius 1 is 1.36 bits per heavy atom. The van der Waals surface area contributed by atoms with Crippen molar-refractivity contribution in [1.29, 1.82) is 0 Å². The van der Waals surface area contributed by atoms with Crippen LogP contribution in [0.4, 0.5) is 5.69 Å². The normalized spacial score (nSPS) is 10.4. The van der Waals surface area contributed by atoms with Crippen molar-refractivity contribution in [3.63, 3.8) is 0 Å². The monoisotopic (exact) mass is 344 g/mol. The predicted octanol–water partition coefficient (Wildman–Crippen LogP) is 2.08. The Labute approximate surface area is 147 Å². The number of aryl methyl sites for hydroxylation is 2. The molecule has 2 aromatic rings. The fourth-order valence-electron chi connectivity index (χ4n) is 2.41. The van der Waals surface area contributed by atoms with Crippen molar-refractivity contribution in [3.05, 3.63) is 42.2 Å². The molecule has 0 saturated carbocycles. The maximum Gasteiger partial charge on any atom is 0.243 e. The highest BCUT2D eigenvalue weighted by atomic mass is 16.5. The SMILES string of the molecule is CCN(CC(=O)Nc1cccc(OC)c1)C(=O)CCn1cc(C)cn1. The van der Waals surface area contributed by atoms with Gasteiger partial charge in [-0.15, -0.1) is 0 Å². The lowest BCUT2D eigenvalue weighted by molar-refractivity contribution is -0.134. The summed E-state index contributed by atoms with van der Waals surface area (Å²) >= 11 is 0. The van der Waals surface area contributed by atoms with E-state index in [-0.39, 0.29) is 18.4 Å². The van der Waals surface area contributed by atoms with Crippen molar-refractivity contribution < 1.29 is 14.3 Å². The van der Waals surface area contributed by atoms with Crippen LogP contribution in [0.25, 0.3) is 0 Å². The topological polar surface area (TPSA) is 76.5 Å². The molecule has 0 aliphatic carbocycles. The summed E-state index contributed by atoms with van der Waals surface area (Å²) in [6, 6.07) is 7.10. The fraction of sp³-hybridized carbons (Fsp3) is 0.389. The maximum atomic E-state index is 12.3. The molecule has 2 amide bonds. The molecule has 1 heterocycles. The van der Waals surface area contributed by atoms with E-state index in [2.05, 4.69) is 10.4 Å². The zero-order valence-corrected chi connectivity index (χ0v) is 14.9. The van der Waals surface area contributed by atoms with Crippen LogP contribution in [0.3, 0.4) is 0 Å². The molecule has 0 saturated heterocycles. The van der Waals surface area contributed by atoms with Crippen LogP contribution in [0, 0.1) is 6.92 Å². The van der Waals surface area contributed by atoms with Crippen molar-refractivity contribution in [2.24, 2.45) is 0 Å². The number of amides is 2. The summed E-state index contributed by atoms with van der Waals surface area (Å²) in [6.45, 7) is 4.80. The summed E-state index contributed by atoms with van der Waals surface area (Å²) in [4.78, 5) is 26.1. The minimum atomic E-state index is -0.238. The van der Waals surface area contributed by atoms with Gasteiger partial charge in [-0.05, 0) is 31.5 Å². The third kappa shape index (κ3) is 5.63. The quantitative estimate of drug-likeness (QED) is 0.795. The number of carbonyl (C=O) groups excluding carboxylic acids is 2. The molecule has 0 atom stereocenters. The number of methoxy groups -OCH3 is 1. The molecule has 0 aliphatic rings. The van der Waals surface area contributed by atoms with E-state index in [0.717, 1.165) is 5.56 Å². The van der Waals surface area contributed by atoms with E-state index in [1.54, 1.807) is 42.3 Å². The van der Waals surface area contributed by atoms with Gasteiger partial charge in [0.05, 0.1) is 19.9 Å². The number of aromatic nitrogens is 2. The first-order valence-electron chi connectivity index (χ1n) is 8.22. The molecule has 1 aromatic carbocycles. The van der Waals surface area contributed by atoms with Gasteiger partial charge in [-0.1, -0.05) is 6.07 Å². The maximum absolute atomic E-state index is 12.3. The van der Waals surface area contributed by atoms with Crippen LogP contribution in [0.2, 0.25) is 0 Å². The Bertz CT molecular complexity index is 727. The van der Waals surface area contributed by atoms with E-state index < -0.39 is 0 Å². The van der Waals surface area contributed by atoms with Gasteiger partial charge in [0.2, 0.25) is 11.8 Å². The largest absolute Gasteiger partial charge is 0.497 e. The predicted molar refractivity (Wildman–Crippen MR) is 95.5 cm³/mol. The number of rotatable bonds is 8. The lowest BCUT2D eigenvalue weighted by Crippen LogP contribution is -2.38. The van der Waals surface area contributed by atoms with Gasteiger partial charge >= 0.3 is 0 Å². The van der Waals surface area contributed by atoms with Crippen molar-refractivity contribution in [3.8, 4) is 5.75 Å². The Morgan fingerprint density at radius 3 is 2.80 bits per heavy atom. The molecule has 0 bridgehead atoms. The molecule has 0 radical (unpaired) electrons. The van der Waals surface area contributed by atoms with E-state index in [0.29, 0.717) is 30.9 Å². The van der Waals surface area contributed by atoms with Crippen LogP contribution in [0.15, 0.2) is 36.7 Å². The lowest BCUT2D eigenvalue weighted by atomic mass is 10.3. The average molecular weight is 344 g/mol. The first-order valence-corrected chi connectivity index (χ1v) is 8.22. The molecule has 0 spiro atoms. The van der Waals surface area contributed by atoms with Crippen LogP contribution >= 0.6 is 0 Å². The molecule has 1 N–H and O–H groups in total. The van der Waals surface area contributed by atoms with E-state index in [1.807, 2.05) is 20.0 Å². The fourth-order valence-corrected chi connectivity index (χ4v) is 2.41. The van der Waals surface area contributed by atoms with Gasteiger partial charge in [0, 0.05) is 37.5 Å². The molecule has 1 aromatic heterocycles. The molecule has 7 nitrogen and oxygen atoms in total. The van der Waals surface area contributed by atoms with E-state index in [9.17, 15) is 9.59 Å². The number of ether oxygens (including phenoxy) is 1. The second-order valence-corrected chi connectivity index (χ2v) is 5.72. The van der Waals surface area contributed by atoms with Gasteiger partial charge in [-0.2, -0.15) is 5.10 Å². The van der Waals surface area contributed by atoms with Gasteiger partial charge in [-0.3, -0.25) is 14.3 Å². The molecule has 0 unspecified atom stereocenters. The molecule has 0 fully saturated rings. The first kappa shape index (κ1) is 18.5. The van der Waals surface area contributed by atoms with E-state index in [1.165, 1.54) is 4.90 Å². The number of carbonyl (C=O) groups is 2. The highest BCUT2D eigenvalue weighted by molar-refractivity contribution is 5.94. The van der Waals surface area contributed by atoms with E-state index >= 15 is 0 Å². The Kier molecular flexibility index (Phi) is 6.56. The summed E-state index contributed by atoms with van der Waals surface area (Å²) in [7, 11) is 1.57. The van der Waals surface area contributed by atoms with Crippen molar-refractivity contribution >= 4 is 17.5 Å². The highest BCUT2D eigenvalue weighted by Gasteiger charge is 2.16. The second-order valence-electron chi connectivity index (χ2n) is 5.72. The smallest absolute Gasteiger partial charge is 0.243 e. The molecule has 7 heteroatoms. The molecule has 134 valence electrons. The zero-order chi connectivity index (χ0) is 18.2. The summed E-state index contributed by atoms with van der Waals surface area (Å²) in [5.41, 5.74) is 1.69. The summed E-state index contributed by atoms with van der Waals surface area (Å²) in [5.74, 6) is 0.352. The van der Waals surface area contributed by atoms with Gasteiger partial charge < -0.3 is 15.0 Å². The lowest BCUT2D eigenvalue weighted by Gasteiger charge is -2.20. The summed E-state index contributed by atoms with van der Waals surface area (Å²) in [6.07, 6.45) is 3.95. The number of anilines is 1. The van der Waals surface area contributed by atoms with Gasteiger partial charge in [0.15, 0.2) is 0 Å². The molecular formula is C18H24N4O3. The van der Waals surface area contributed by atoms with Crippen LogP contribution in [0.5, 0.6) is 5.75 Å². The van der Waals surface area contributed by atoms with Crippen molar-refractivity contribution in [2.45, 2.75) is 26.8 Å². The van der Waals surface area contributed by atoms with Crippen LogP contribution in [0.1, 0.15) is 18.9 Å². The van der Waals surface area contributed by atoms with Crippen LogP contribution in [-0.2, 0) is 16.1 Å². The molecule has 25 heavy (non-hydrogen) atoms. The number of nitrogens with one attached hydrogen (secondary N) is 1. The number of hydrogen-bond acceptors (Lipinski definition) is 4. The third-order valence-corrected chi connectivity index (χ3v) is 3.74.